The van der Waals surface area contributed by atoms with Gasteiger partial charge in [0.2, 0.25) is 0 Å². The molecule has 0 N–H and O–H groups in total. The second-order valence-corrected chi connectivity index (χ2v) is 5.17. The molecule has 2 heterocycles. The maximum Gasteiger partial charge on any atom is 0.0243 e. The Morgan fingerprint density at radius 2 is 1.64 bits per heavy atom. The Balaban J connectivity index is 1.96. The Bertz CT molecular complexity index is 152. The molecular formula is C8H15IN2. The predicted molar refractivity (Wildman–Crippen MR) is 54.8 cm³/mol. The summed E-state index contributed by atoms with van der Waals surface area (Å²) in [6.45, 7) is 3.89. The summed E-state index contributed by atoms with van der Waals surface area (Å²) in [5, 5.41) is 0. The first-order valence-electron chi connectivity index (χ1n) is 4.35. The van der Waals surface area contributed by atoms with Gasteiger partial charge in [0, 0.05) is 48.0 Å². The van der Waals surface area contributed by atoms with Gasteiger partial charge in [0.15, 0.2) is 0 Å². The standard InChI is InChI=1S/C8H15IN2/c1-10-5-2-8(10)3-6-11(9)7-4-8/h2-7H2,1H3. The maximum atomic E-state index is 2.54. The fourth-order valence-corrected chi connectivity index (χ4v) is 2.66. The van der Waals surface area contributed by atoms with Gasteiger partial charge in [-0.3, -0.25) is 0 Å². The Kier molecular flexibility index (Phi) is 2.14. The summed E-state index contributed by atoms with van der Waals surface area (Å²) >= 11 is 2.44. The van der Waals surface area contributed by atoms with Gasteiger partial charge in [-0.1, -0.05) is 0 Å². The molecule has 0 saturated carbocycles. The average molecular weight is 266 g/mol. The quantitative estimate of drug-likeness (QED) is 0.484. The monoisotopic (exact) mass is 266 g/mol. The highest BCUT2D eigenvalue weighted by Crippen LogP contribution is 2.38. The second kappa shape index (κ2) is 2.85. The van der Waals surface area contributed by atoms with Crippen LogP contribution in [-0.2, 0) is 0 Å². The molecule has 0 unspecified atom stereocenters. The van der Waals surface area contributed by atoms with E-state index >= 15 is 0 Å². The first-order chi connectivity index (χ1) is 5.23. The number of rotatable bonds is 0. The molecule has 0 aromatic heterocycles. The van der Waals surface area contributed by atoms with E-state index in [2.05, 4.69) is 37.9 Å². The van der Waals surface area contributed by atoms with E-state index < -0.39 is 0 Å². The van der Waals surface area contributed by atoms with E-state index in [-0.39, 0.29) is 0 Å². The van der Waals surface area contributed by atoms with Crippen LogP contribution in [0.15, 0.2) is 0 Å². The van der Waals surface area contributed by atoms with Gasteiger partial charge < -0.3 is 4.90 Å². The van der Waals surface area contributed by atoms with E-state index in [0.29, 0.717) is 5.54 Å². The molecule has 0 aliphatic carbocycles. The number of hydrogen-bond acceptors (Lipinski definition) is 2. The molecule has 3 heteroatoms. The zero-order chi connectivity index (χ0) is 7.90. The van der Waals surface area contributed by atoms with Crippen molar-refractivity contribution in [1.29, 1.82) is 0 Å². The first kappa shape index (κ1) is 8.26. The molecule has 0 radical (unpaired) electrons. The van der Waals surface area contributed by atoms with Crippen LogP contribution in [0.3, 0.4) is 0 Å². The van der Waals surface area contributed by atoms with Crippen LogP contribution in [-0.4, -0.2) is 40.2 Å². The fourth-order valence-electron chi connectivity index (χ4n) is 2.18. The number of piperidine rings is 1. The normalized spacial score (nSPS) is 32.2. The van der Waals surface area contributed by atoms with Crippen LogP contribution in [0.25, 0.3) is 0 Å². The van der Waals surface area contributed by atoms with Crippen molar-refractivity contribution in [2.75, 3.05) is 26.7 Å². The average Bonchev–Trinajstić information content (AvgIpc) is 2.03. The van der Waals surface area contributed by atoms with Crippen molar-refractivity contribution in [2.24, 2.45) is 0 Å². The Morgan fingerprint density at radius 3 is 2.00 bits per heavy atom. The van der Waals surface area contributed by atoms with Gasteiger partial charge in [0.25, 0.3) is 0 Å². The summed E-state index contributed by atoms with van der Waals surface area (Å²) in [5.41, 5.74) is 0.627. The van der Waals surface area contributed by atoms with Crippen molar-refractivity contribution in [1.82, 2.24) is 8.01 Å². The Morgan fingerprint density at radius 1 is 1.09 bits per heavy atom. The van der Waals surface area contributed by atoms with Crippen LogP contribution in [0.2, 0.25) is 0 Å². The van der Waals surface area contributed by atoms with Gasteiger partial charge in [-0.2, -0.15) is 0 Å². The Labute approximate surface area is 82.4 Å². The molecule has 0 aromatic carbocycles. The molecule has 11 heavy (non-hydrogen) atoms. The number of halogens is 1. The van der Waals surface area contributed by atoms with Crippen molar-refractivity contribution < 1.29 is 0 Å². The third-order valence-electron chi connectivity index (χ3n) is 3.36. The predicted octanol–water partition coefficient (Wildman–Crippen LogP) is 1.51. The summed E-state index contributed by atoms with van der Waals surface area (Å²) in [6.07, 6.45) is 4.20. The minimum atomic E-state index is 0.627. The summed E-state index contributed by atoms with van der Waals surface area (Å²) in [5.74, 6) is 0. The zero-order valence-corrected chi connectivity index (χ0v) is 9.17. The maximum absolute atomic E-state index is 2.54. The first-order valence-corrected chi connectivity index (χ1v) is 5.31. The highest BCUT2D eigenvalue weighted by Gasteiger charge is 2.43. The molecule has 2 saturated heterocycles. The SMILES string of the molecule is CN1CCC12CCN(I)CC2. The van der Waals surface area contributed by atoms with E-state index in [1.54, 1.807) is 0 Å². The molecule has 1 spiro atoms. The number of hydrogen-bond donors (Lipinski definition) is 0. The Hall–Kier alpha value is 0.650. The molecule has 2 rings (SSSR count). The lowest BCUT2D eigenvalue weighted by molar-refractivity contribution is -0.0229. The third kappa shape index (κ3) is 1.31. The third-order valence-corrected chi connectivity index (χ3v) is 4.33. The molecule has 0 aromatic rings. The topological polar surface area (TPSA) is 6.48 Å². The van der Waals surface area contributed by atoms with Gasteiger partial charge in [0.1, 0.15) is 0 Å². The summed E-state index contributed by atoms with van der Waals surface area (Å²) in [7, 11) is 2.27. The van der Waals surface area contributed by atoms with E-state index in [0.717, 1.165) is 0 Å². The van der Waals surface area contributed by atoms with Gasteiger partial charge >= 0.3 is 0 Å². The van der Waals surface area contributed by atoms with Gasteiger partial charge in [-0.15, -0.1) is 0 Å². The molecule has 0 bridgehead atoms. The van der Waals surface area contributed by atoms with E-state index in [1.165, 1.54) is 38.9 Å². The van der Waals surface area contributed by atoms with Crippen LogP contribution in [0.1, 0.15) is 19.3 Å². The smallest absolute Gasteiger partial charge is 0.0243 e. The minimum absolute atomic E-state index is 0.627. The van der Waals surface area contributed by atoms with Gasteiger partial charge in [-0.25, -0.2) is 3.11 Å². The molecule has 0 amide bonds. The van der Waals surface area contributed by atoms with Crippen LogP contribution >= 0.6 is 22.9 Å². The van der Waals surface area contributed by atoms with Crippen molar-refractivity contribution in [3.63, 3.8) is 0 Å². The molecule has 2 aliphatic rings. The number of likely N-dealkylation sites (tertiary alicyclic amines) is 1. The van der Waals surface area contributed by atoms with E-state index in [9.17, 15) is 0 Å². The van der Waals surface area contributed by atoms with E-state index in [1.807, 2.05) is 0 Å². The lowest BCUT2D eigenvalue weighted by atomic mass is 9.77. The molecule has 2 nitrogen and oxygen atoms in total. The minimum Gasteiger partial charge on any atom is -0.300 e. The van der Waals surface area contributed by atoms with E-state index in [4.69, 9.17) is 0 Å². The van der Waals surface area contributed by atoms with Crippen molar-refractivity contribution >= 4 is 22.9 Å². The van der Waals surface area contributed by atoms with Crippen LogP contribution in [0.5, 0.6) is 0 Å². The summed E-state index contributed by atoms with van der Waals surface area (Å²) < 4.78 is 2.41. The fraction of sp³-hybridized carbons (Fsp3) is 1.00. The van der Waals surface area contributed by atoms with Crippen molar-refractivity contribution in [3.8, 4) is 0 Å². The van der Waals surface area contributed by atoms with Gasteiger partial charge in [0.05, 0.1) is 0 Å². The second-order valence-electron chi connectivity index (χ2n) is 3.81. The highest BCUT2D eigenvalue weighted by molar-refractivity contribution is 14.1. The molecular weight excluding hydrogens is 251 g/mol. The highest BCUT2D eigenvalue weighted by atomic mass is 127. The van der Waals surface area contributed by atoms with Gasteiger partial charge in [-0.05, 0) is 26.3 Å². The summed E-state index contributed by atoms with van der Waals surface area (Å²) in [6, 6.07) is 0. The van der Waals surface area contributed by atoms with Crippen LogP contribution in [0.4, 0.5) is 0 Å². The van der Waals surface area contributed by atoms with Crippen molar-refractivity contribution in [3.05, 3.63) is 0 Å². The molecule has 2 fully saturated rings. The summed E-state index contributed by atoms with van der Waals surface area (Å²) in [4.78, 5) is 2.54. The zero-order valence-electron chi connectivity index (χ0n) is 7.02. The lowest BCUT2D eigenvalue weighted by Crippen LogP contribution is -2.61. The molecule has 2 aliphatic heterocycles. The lowest BCUT2D eigenvalue weighted by Gasteiger charge is -2.54. The van der Waals surface area contributed by atoms with Crippen LogP contribution < -0.4 is 0 Å². The molecule has 0 atom stereocenters. The largest absolute Gasteiger partial charge is 0.300 e. The number of nitrogens with zero attached hydrogens (tertiary/aromatic N) is 2. The van der Waals surface area contributed by atoms with Crippen molar-refractivity contribution in [2.45, 2.75) is 24.8 Å². The molecule has 64 valence electrons. The van der Waals surface area contributed by atoms with Crippen LogP contribution in [0, 0.1) is 0 Å².